The van der Waals surface area contributed by atoms with E-state index in [1.165, 1.54) is 11.1 Å². The number of allylic oxidation sites excluding steroid dienone is 4. The highest BCUT2D eigenvalue weighted by molar-refractivity contribution is 5.88. The van der Waals surface area contributed by atoms with Gasteiger partial charge in [-0.1, -0.05) is 24.6 Å². The van der Waals surface area contributed by atoms with Gasteiger partial charge in [-0.05, 0) is 77.6 Å². The Morgan fingerprint density at radius 2 is 1.88 bits per heavy atom. The fourth-order valence-electron chi connectivity index (χ4n) is 4.79. The van der Waals surface area contributed by atoms with Crippen molar-refractivity contribution in [2.75, 3.05) is 40.6 Å². The first-order chi connectivity index (χ1) is 15.6. The molecule has 1 aliphatic heterocycles. The Morgan fingerprint density at radius 3 is 2.45 bits per heavy atom. The van der Waals surface area contributed by atoms with Crippen LogP contribution in [0.5, 0.6) is 0 Å². The molecule has 1 amide bonds. The van der Waals surface area contributed by atoms with Gasteiger partial charge in [-0.15, -0.1) is 0 Å². The van der Waals surface area contributed by atoms with E-state index in [1.54, 1.807) is 7.11 Å². The van der Waals surface area contributed by atoms with Gasteiger partial charge in [-0.3, -0.25) is 9.69 Å². The molecular formula is C27H42N2O4. The van der Waals surface area contributed by atoms with E-state index in [4.69, 9.17) is 14.2 Å². The predicted octanol–water partition coefficient (Wildman–Crippen LogP) is 4.29. The summed E-state index contributed by atoms with van der Waals surface area (Å²) in [5, 5.41) is 3.29. The summed E-state index contributed by atoms with van der Waals surface area (Å²) in [6.07, 6.45) is 10.1. The van der Waals surface area contributed by atoms with Crippen LogP contribution in [0.15, 0.2) is 46.2 Å². The lowest BCUT2D eigenvalue weighted by Crippen LogP contribution is -2.57. The van der Waals surface area contributed by atoms with Gasteiger partial charge in [0.15, 0.2) is 0 Å². The Morgan fingerprint density at radius 1 is 1.18 bits per heavy atom. The molecule has 184 valence electrons. The highest BCUT2D eigenvalue weighted by Gasteiger charge is 2.38. The van der Waals surface area contributed by atoms with Crippen molar-refractivity contribution in [3.8, 4) is 0 Å². The van der Waals surface area contributed by atoms with Crippen molar-refractivity contribution in [2.24, 2.45) is 0 Å². The van der Waals surface area contributed by atoms with Crippen LogP contribution in [0.25, 0.3) is 0 Å². The van der Waals surface area contributed by atoms with Crippen LogP contribution in [0, 0.1) is 0 Å². The Labute approximate surface area is 199 Å². The van der Waals surface area contributed by atoms with Gasteiger partial charge in [0.25, 0.3) is 0 Å². The number of nitrogens with zero attached hydrogens (tertiary/aromatic N) is 1. The van der Waals surface area contributed by atoms with E-state index in [9.17, 15) is 4.79 Å². The van der Waals surface area contributed by atoms with Crippen LogP contribution in [0.2, 0.25) is 0 Å². The minimum Gasteiger partial charge on any atom is -0.382 e. The first-order valence-corrected chi connectivity index (χ1v) is 12.2. The molecule has 2 aliphatic carbocycles. The maximum atomic E-state index is 13.6. The maximum Gasteiger partial charge on any atom is 0.244 e. The molecule has 0 bridgehead atoms. The molecule has 0 aromatic heterocycles. The van der Waals surface area contributed by atoms with E-state index in [1.807, 2.05) is 13.8 Å². The van der Waals surface area contributed by atoms with Crippen molar-refractivity contribution in [3.63, 3.8) is 0 Å². The number of rotatable bonds is 10. The molecule has 33 heavy (non-hydrogen) atoms. The zero-order valence-corrected chi connectivity index (χ0v) is 21.5. The second kappa shape index (κ2) is 10.7. The van der Waals surface area contributed by atoms with Crippen LogP contribution in [0.4, 0.5) is 0 Å². The summed E-state index contributed by atoms with van der Waals surface area (Å²) >= 11 is 0. The van der Waals surface area contributed by atoms with Crippen LogP contribution >= 0.6 is 0 Å². The molecule has 0 saturated carbocycles. The quantitative estimate of drug-likeness (QED) is 0.495. The Bertz CT molecular complexity index is 857. The highest BCUT2D eigenvalue weighted by atomic mass is 16.5. The molecule has 0 unspecified atom stereocenters. The molecule has 6 heteroatoms. The molecule has 3 rings (SSSR count). The van der Waals surface area contributed by atoms with Crippen molar-refractivity contribution < 1.29 is 19.0 Å². The van der Waals surface area contributed by atoms with Crippen molar-refractivity contribution >= 4 is 5.91 Å². The van der Waals surface area contributed by atoms with Gasteiger partial charge >= 0.3 is 0 Å². The monoisotopic (exact) mass is 458 g/mol. The number of likely N-dealkylation sites (N-methyl/N-ethyl adjacent to an activating group) is 1. The van der Waals surface area contributed by atoms with Gasteiger partial charge in [0.05, 0.1) is 24.4 Å². The van der Waals surface area contributed by atoms with Crippen LogP contribution in [0.1, 0.15) is 60.3 Å². The molecule has 0 spiro atoms. The summed E-state index contributed by atoms with van der Waals surface area (Å²) in [5.41, 5.74) is 4.62. The van der Waals surface area contributed by atoms with Gasteiger partial charge < -0.3 is 19.5 Å². The lowest BCUT2D eigenvalue weighted by Gasteiger charge is -2.41. The van der Waals surface area contributed by atoms with E-state index in [0.29, 0.717) is 19.3 Å². The van der Waals surface area contributed by atoms with Crippen molar-refractivity contribution in [3.05, 3.63) is 46.2 Å². The summed E-state index contributed by atoms with van der Waals surface area (Å²) in [6.45, 7) is 13.0. The predicted molar refractivity (Wildman–Crippen MR) is 132 cm³/mol. The SMILES string of the molecule is CCC1=C(C(C)(C)OCCOC)C=C(NC(=O)C(C)(C)N(C)C2CCOCC2)C2=C(C=C2)C1. The smallest absolute Gasteiger partial charge is 0.244 e. The lowest BCUT2D eigenvalue weighted by molar-refractivity contribution is -0.132. The van der Waals surface area contributed by atoms with E-state index in [2.05, 4.69) is 56.3 Å². The van der Waals surface area contributed by atoms with Gasteiger partial charge in [0.2, 0.25) is 5.91 Å². The normalized spacial score (nSPS) is 19.9. The number of methoxy groups -OCH3 is 1. The molecule has 0 atom stereocenters. The van der Waals surface area contributed by atoms with E-state index < -0.39 is 11.1 Å². The summed E-state index contributed by atoms with van der Waals surface area (Å²) in [5.74, 6) is 0.00676. The number of hydrogen-bond donors (Lipinski definition) is 1. The van der Waals surface area contributed by atoms with Crippen molar-refractivity contribution in [1.29, 1.82) is 0 Å². The number of hydrogen-bond acceptors (Lipinski definition) is 5. The standard InChI is InChI=1S/C27H42N2O4/c1-8-19-17-20-9-10-22(20)24(18-23(19)27(4,5)33-16-15-31-7)28-25(30)26(2,3)29(6)21-11-13-32-14-12-21/h9-10,18,21H,8,11-17H2,1-7H3,(H,28,30). The number of amides is 1. The van der Waals surface area contributed by atoms with E-state index >= 15 is 0 Å². The molecule has 6 nitrogen and oxygen atoms in total. The molecule has 0 radical (unpaired) electrons. The Hall–Kier alpha value is -1.73. The molecule has 0 aromatic carbocycles. The zero-order chi connectivity index (χ0) is 24.2. The molecular weight excluding hydrogens is 416 g/mol. The average molecular weight is 459 g/mol. The third-order valence-corrected chi connectivity index (χ3v) is 7.41. The molecule has 0 aromatic rings. The van der Waals surface area contributed by atoms with Gasteiger partial charge in [-0.2, -0.15) is 0 Å². The number of carbonyl (C=O) groups is 1. The van der Waals surface area contributed by atoms with E-state index in [-0.39, 0.29) is 5.91 Å². The summed E-state index contributed by atoms with van der Waals surface area (Å²) < 4.78 is 16.9. The minimum atomic E-state index is -0.648. The fraction of sp³-hybridized carbons (Fsp3) is 0.667. The zero-order valence-electron chi connectivity index (χ0n) is 21.5. The number of nitrogens with one attached hydrogen (secondary N) is 1. The van der Waals surface area contributed by atoms with Crippen LogP contribution in [-0.4, -0.2) is 68.6 Å². The lowest BCUT2D eigenvalue weighted by atomic mass is 9.88. The second-order valence-corrected chi connectivity index (χ2v) is 10.2. The minimum absolute atomic E-state index is 0.00676. The van der Waals surface area contributed by atoms with Crippen molar-refractivity contribution in [2.45, 2.75) is 77.5 Å². The van der Waals surface area contributed by atoms with Crippen LogP contribution in [-0.2, 0) is 19.0 Å². The summed E-state index contributed by atoms with van der Waals surface area (Å²) in [6, 6.07) is 0.344. The molecule has 1 saturated heterocycles. The largest absolute Gasteiger partial charge is 0.382 e. The van der Waals surface area contributed by atoms with E-state index in [0.717, 1.165) is 55.7 Å². The highest BCUT2D eigenvalue weighted by Crippen LogP contribution is 2.39. The van der Waals surface area contributed by atoms with Gasteiger partial charge in [0, 0.05) is 37.6 Å². The van der Waals surface area contributed by atoms with Gasteiger partial charge in [0.1, 0.15) is 0 Å². The maximum absolute atomic E-state index is 13.6. The fourth-order valence-corrected chi connectivity index (χ4v) is 4.79. The van der Waals surface area contributed by atoms with Crippen molar-refractivity contribution in [1.82, 2.24) is 10.2 Å². The first-order valence-electron chi connectivity index (χ1n) is 12.2. The first kappa shape index (κ1) is 25.9. The topological polar surface area (TPSA) is 60.0 Å². The van der Waals surface area contributed by atoms with Crippen LogP contribution in [0.3, 0.4) is 0 Å². The molecule has 1 fully saturated rings. The number of carbonyl (C=O) groups excluding carboxylic acids is 1. The number of ether oxygens (including phenoxy) is 3. The second-order valence-electron chi connectivity index (χ2n) is 10.2. The van der Waals surface area contributed by atoms with Gasteiger partial charge in [-0.25, -0.2) is 0 Å². The summed E-state index contributed by atoms with van der Waals surface area (Å²) in [4.78, 5) is 15.8. The summed E-state index contributed by atoms with van der Waals surface area (Å²) in [7, 11) is 3.74. The molecule has 1 N–H and O–H groups in total. The Balaban J connectivity index is 1.86. The third-order valence-electron chi connectivity index (χ3n) is 7.41. The average Bonchev–Trinajstić information content (AvgIpc) is 2.87. The molecule has 1 heterocycles. The molecule has 3 aliphatic rings. The van der Waals surface area contributed by atoms with Crippen LogP contribution < -0.4 is 5.32 Å². The third kappa shape index (κ3) is 5.68. The Kier molecular flexibility index (Phi) is 8.38.